The normalized spacial score (nSPS) is 19.6. The molecule has 2 atom stereocenters. The van der Waals surface area contributed by atoms with Crippen LogP contribution in [0.25, 0.3) is 32.4 Å². The topological polar surface area (TPSA) is 164 Å². The molecule has 6 heterocycles. The van der Waals surface area contributed by atoms with Crippen molar-refractivity contribution >= 4 is 73.2 Å². The van der Waals surface area contributed by atoms with Gasteiger partial charge in [-0.05, 0) is 161 Å². The van der Waals surface area contributed by atoms with Crippen LogP contribution in [0.5, 0.6) is 5.75 Å². The SMILES string of the molecule is Cc1c(OC2CCC(CC[C@H](C)CN3CCN(c4nc5ccc(C6CCC(=O)NC6=O)cc5n4C)CC3)CC2)cccc1-c1ccc(N2CCc3cccc(C(=O)Nc4nc5ccccc5s4)c3C2)nc1C(=O)OC(C)(C)C. The van der Waals surface area contributed by atoms with Crippen molar-refractivity contribution in [2.45, 2.75) is 117 Å². The molecule has 0 bridgehead atoms. The number of piperidine rings is 1. The van der Waals surface area contributed by atoms with Gasteiger partial charge in [0.2, 0.25) is 17.8 Å². The maximum Gasteiger partial charge on any atom is 0.358 e. The van der Waals surface area contributed by atoms with E-state index in [0.29, 0.717) is 59.8 Å². The third kappa shape index (κ3) is 11.5. The molecule has 7 aromatic rings. The van der Waals surface area contributed by atoms with E-state index in [1.165, 1.54) is 24.2 Å². The number of ether oxygens (including phenoxy) is 2. The van der Waals surface area contributed by atoms with Gasteiger partial charge in [0.15, 0.2) is 10.8 Å². The van der Waals surface area contributed by atoms with E-state index >= 15 is 0 Å². The lowest BCUT2D eigenvalue weighted by atomic mass is 9.83. The van der Waals surface area contributed by atoms with Crippen molar-refractivity contribution in [2.24, 2.45) is 18.9 Å². The molecule has 11 rings (SSSR count). The molecule has 4 aliphatic rings. The summed E-state index contributed by atoms with van der Waals surface area (Å²) in [6.45, 7) is 16.1. The van der Waals surface area contributed by atoms with Crippen molar-refractivity contribution in [1.82, 2.24) is 29.7 Å². The number of benzene rings is 4. The Morgan fingerprint density at radius 1 is 0.821 bits per heavy atom. The van der Waals surface area contributed by atoms with Gasteiger partial charge in [0.05, 0.1) is 33.3 Å². The zero-order valence-corrected chi connectivity index (χ0v) is 46.6. The fourth-order valence-corrected chi connectivity index (χ4v) is 12.9. The van der Waals surface area contributed by atoms with Gasteiger partial charge in [0, 0.05) is 70.4 Å². The predicted octanol–water partition coefficient (Wildman–Crippen LogP) is 11.0. The van der Waals surface area contributed by atoms with Crippen LogP contribution in [0.4, 0.5) is 16.9 Å². The highest BCUT2D eigenvalue weighted by Gasteiger charge is 2.32. The average molecular weight is 1070 g/mol. The average Bonchev–Trinajstić information content (AvgIpc) is 4.02. The number of pyridine rings is 1. The van der Waals surface area contributed by atoms with Crippen LogP contribution in [-0.4, -0.2) is 99.1 Å². The number of aromatic nitrogens is 4. The molecule has 2 saturated heterocycles. The molecule has 4 aromatic carbocycles. The summed E-state index contributed by atoms with van der Waals surface area (Å²) in [7, 11) is 2.05. The second-order valence-electron chi connectivity index (χ2n) is 23.0. The first kappa shape index (κ1) is 52.9. The van der Waals surface area contributed by atoms with Crippen LogP contribution in [0.15, 0.2) is 91.0 Å². The summed E-state index contributed by atoms with van der Waals surface area (Å²) in [4.78, 5) is 74.1. The number of nitrogens with one attached hydrogen (secondary N) is 2. The monoisotopic (exact) mass is 1070 g/mol. The number of imidazole rings is 1. The van der Waals surface area contributed by atoms with Crippen molar-refractivity contribution in [3.8, 4) is 16.9 Å². The van der Waals surface area contributed by atoms with E-state index in [1.807, 2.05) is 99.6 Å². The molecule has 1 saturated carbocycles. The highest BCUT2D eigenvalue weighted by molar-refractivity contribution is 7.22. The molecule has 2 N–H and O–H groups in total. The van der Waals surface area contributed by atoms with Crippen LogP contribution in [0.2, 0.25) is 0 Å². The number of hydrogen-bond donors (Lipinski definition) is 2. The summed E-state index contributed by atoms with van der Waals surface area (Å²) in [6.07, 6.45) is 8.47. The standard InChI is InChI=1S/C62H71N9O6S/c1-38(36-69-31-33-70(34-32-69)61-64-49-26-21-42(35-51(49)68(61)6)45-25-28-55(72)66-57(45)73)17-18-40-19-22-43(23-20-40)76-52-15-10-12-44(39(52)2)46-24-27-54(65-56(46)59(75)77-62(3,4)5)71-30-29-41-11-9-13-47(48(41)37-71)58(74)67-60-63-50-14-7-8-16-53(50)78-60/h7-16,21,24,26-27,35,38,40,43,45H,17-20,22-23,25,28-34,36-37H2,1-6H3,(H,63,67,74)(H,66,72,73)/t38-,40?,43?,45?/m0/s1. The Bertz CT molecular complexity index is 3370. The van der Waals surface area contributed by atoms with E-state index in [0.717, 1.165) is 126 Å². The molecule has 0 spiro atoms. The van der Waals surface area contributed by atoms with Gasteiger partial charge in [-0.3, -0.25) is 29.9 Å². The van der Waals surface area contributed by atoms with Gasteiger partial charge in [-0.25, -0.2) is 19.7 Å². The third-order valence-electron chi connectivity index (χ3n) is 16.3. The summed E-state index contributed by atoms with van der Waals surface area (Å²) >= 11 is 1.45. The summed E-state index contributed by atoms with van der Waals surface area (Å²) < 4.78 is 16.0. The van der Waals surface area contributed by atoms with Gasteiger partial charge < -0.3 is 23.8 Å². The lowest BCUT2D eigenvalue weighted by Crippen LogP contribution is -2.48. The van der Waals surface area contributed by atoms with Gasteiger partial charge in [-0.2, -0.15) is 0 Å². The molecule has 16 heteroatoms. The number of thiazole rings is 1. The molecule has 406 valence electrons. The lowest BCUT2D eigenvalue weighted by Gasteiger charge is -2.36. The Morgan fingerprint density at radius 2 is 1.62 bits per heavy atom. The molecule has 15 nitrogen and oxygen atoms in total. The molecule has 3 fully saturated rings. The van der Waals surface area contributed by atoms with Crippen molar-refractivity contribution in [3.63, 3.8) is 0 Å². The number of esters is 1. The number of para-hydroxylation sites is 1. The summed E-state index contributed by atoms with van der Waals surface area (Å²) in [5, 5.41) is 6.10. The van der Waals surface area contributed by atoms with Gasteiger partial charge in [0.25, 0.3) is 5.91 Å². The quantitative estimate of drug-likeness (QED) is 0.0784. The Labute approximate surface area is 460 Å². The Hall–Kier alpha value is -7.17. The van der Waals surface area contributed by atoms with E-state index in [9.17, 15) is 19.2 Å². The zero-order valence-electron chi connectivity index (χ0n) is 45.8. The first-order valence-corrected chi connectivity index (χ1v) is 28.7. The summed E-state index contributed by atoms with van der Waals surface area (Å²) in [6, 6.07) is 29.8. The Balaban J connectivity index is 0.685. The maximum absolute atomic E-state index is 14.1. The van der Waals surface area contributed by atoms with Gasteiger partial charge >= 0.3 is 5.97 Å². The molecule has 0 radical (unpaired) electrons. The minimum absolute atomic E-state index is 0.119. The first-order chi connectivity index (χ1) is 37.6. The number of hydrogen-bond acceptors (Lipinski definition) is 13. The van der Waals surface area contributed by atoms with Crippen molar-refractivity contribution in [3.05, 3.63) is 125 Å². The maximum atomic E-state index is 14.1. The molecule has 3 amide bonds. The second-order valence-corrected chi connectivity index (χ2v) is 24.0. The number of amides is 3. The van der Waals surface area contributed by atoms with Crippen LogP contribution in [0.1, 0.15) is 128 Å². The minimum Gasteiger partial charge on any atom is -0.490 e. The van der Waals surface area contributed by atoms with Crippen LogP contribution in [-0.2, 0) is 34.3 Å². The Kier molecular flexibility index (Phi) is 15.1. The van der Waals surface area contributed by atoms with E-state index in [2.05, 4.69) is 67.9 Å². The highest BCUT2D eigenvalue weighted by Crippen LogP contribution is 2.39. The minimum atomic E-state index is -0.732. The number of nitrogens with zero attached hydrogens (tertiary/aromatic N) is 7. The Morgan fingerprint density at radius 3 is 2.40 bits per heavy atom. The first-order valence-electron chi connectivity index (χ1n) is 27.9. The predicted molar refractivity (Wildman–Crippen MR) is 308 cm³/mol. The van der Waals surface area contributed by atoms with Crippen LogP contribution < -0.4 is 25.2 Å². The lowest BCUT2D eigenvalue weighted by molar-refractivity contribution is -0.134. The van der Waals surface area contributed by atoms with E-state index in [4.69, 9.17) is 19.4 Å². The van der Waals surface area contributed by atoms with Crippen molar-refractivity contribution in [2.75, 3.05) is 54.4 Å². The number of carbonyl (C=O) groups excluding carboxylic acids is 4. The van der Waals surface area contributed by atoms with Gasteiger partial charge in [-0.1, -0.05) is 67.1 Å². The number of aryl methyl sites for hydroxylation is 1. The largest absolute Gasteiger partial charge is 0.490 e. The van der Waals surface area contributed by atoms with Crippen LogP contribution in [0, 0.1) is 18.8 Å². The highest BCUT2D eigenvalue weighted by atomic mass is 32.1. The molecule has 1 unspecified atom stereocenters. The molecule has 1 aliphatic carbocycles. The summed E-state index contributed by atoms with van der Waals surface area (Å²) in [5.41, 5.74) is 8.38. The number of piperazine rings is 1. The van der Waals surface area contributed by atoms with E-state index in [1.54, 1.807) is 0 Å². The smallest absolute Gasteiger partial charge is 0.358 e. The number of fused-ring (bicyclic) bond motifs is 3. The van der Waals surface area contributed by atoms with Crippen molar-refractivity contribution < 1.29 is 28.7 Å². The van der Waals surface area contributed by atoms with Crippen LogP contribution in [0.3, 0.4) is 0 Å². The fraction of sp³-hybridized carbons (Fsp3) is 0.435. The molecule has 3 aromatic heterocycles. The van der Waals surface area contributed by atoms with Crippen molar-refractivity contribution in [1.29, 1.82) is 0 Å². The zero-order chi connectivity index (χ0) is 54.2. The van der Waals surface area contributed by atoms with Gasteiger partial charge in [-0.15, -0.1) is 0 Å². The third-order valence-corrected chi connectivity index (χ3v) is 17.3. The van der Waals surface area contributed by atoms with Gasteiger partial charge in [0.1, 0.15) is 17.2 Å². The molecule has 78 heavy (non-hydrogen) atoms. The number of imide groups is 1. The number of rotatable bonds is 14. The number of carbonyl (C=O) groups is 4. The molecule has 3 aliphatic heterocycles. The van der Waals surface area contributed by atoms with E-state index < -0.39 is 11.6 Å². The number of anilines is 3. The fourth-order valence-electron chi connectivity index (χ4n) is 12.0. The molecular formula is C62H71N9O6S. The summed E-state index contributed by atoms with van der Waals surface area (Å²) in [5.74, 6) is 2.28. The molecular weight excluding hydrogens is 999 g/mol. The van der Waals surface area contributed by atoms with E-state index in [-0.39, 0.29) is 35.4 Å². The second kappa shape index (κ2) is 22.3. The van der Waals surface area contributed by atoms with Crippen LogP contribution >= 0.6 is 11.3 Å².